The Kier molecular flexibility index (Phi) is 9.16. The summed E-state index contributed by atoms with van der Waals surface area (Å²) in [4.78, 5) is 21.0. The third-order valence-electron chi connectivity index (χ3n) is 9.43. The molecule has 1 aromatic carbocycles. The van der Waals surface area contributed by atoms with E-state index in [1.807, 2.05) is 13.8 Å². The molecule has 2 aliphatic heterocycles. The number of benzene rings is 1. The SMILES string of the molecule is CCO/N=C(\c1ccc(Br)cc1)C1CCC(C2(C)CCN(C(=O)C3C(C)CCN([O-])[C@@H]3C)CC2)CC1. The number of hydrogen-bond acceptors (Lipinski definition) is 5. The number of oxime groups is 1. The van der Waals surface area contributed by atoms with Gasteiger partial charge in [0.25, 0.3) is 0 Å². The highest BCUT2D eigenvalue weighted by atomic mass is 79.9. The van der Waals surface area contributed by atoms with E-state index in [1.54, 1.807) is 0 Å². The number of nitrogens with zero attached hydrogens (tertiary/aromatic N) is 3. The standard InChI is InChI=1S/C29H43BrN3O3/c1-5-36-31-27(23-8-12-25(30)13-9-23)22-6-10-24(11-7-22)29(4)15-18-32(19-16-29)28(34)26-20(2)14-17-33(35)21(26)3/h8-9,12-13,20-22,24,26H,5-7,10-11,14-19H2,1-4H3/q-1/b31-27-/t20?,21-,22?,24?,26?/m1/s1. The Balaban J connectivity index is 1.34. The van der Waals surface area contributed by atoms with Gasteiger partial charge in [-0.05, 0) is 100 Å². The van der Waals surface area contributed by atoms with Gasteiger partial charge in [0.2, 0.25) is 5.91 Å². The molecule has 1 amide bonds. The Morgan fingerprint density at radius 3 is 2.33 bits per heavy atom. The molecule has 7 heteroatoms. The molecule has 0 aromatic heterocycles. The van der Waals surface area contributed by atoms with Crippen molar-refractivity contribution in [1.82, 2.24) is 9.96 Å². The van der Waals surface area contributed by atoms with Crippen molar-refractivity contribution < 1.29 is 9.63 Å². The van der Waals surface area contributed by atoms with E-state index in [-0.39, 0.29) is 29.2 Å². The van der Waals surface area contributed by atoms with Crippen LogP contribution in [0.15, 0.2) is 33.9 Å². The lowest BCUT2D eigenvalue weighted by Crippen LogP contribution is -2.54. The zero-order valence-electron chi connectivity index (χ0n) is 22.4. The van der Waals surface area contributed by atoms with E-state index >= 15 is 0 Å². The molecular formula is C29H43BrN3O3-. The molecule has 6 nitrogen and oxygen atoms in total. The van der Waals surface area contributed by atoms with Crippen molar-refractivity contribution in [2.24, 2.45) is 34.2 Å². The normalized spacial score (nSPS) is 31.8. The minimum absolute atomic E-state index is 0.169. The van der Waals surface area contributed by atoms with E-state index in [4.69, 9.17) is 4.84 Å². The number of rotatable bonds is 6. The molecule has 2 saturated heterocycles. The third-order valence-corrected chi connectivity index (χ3v) is 9.95. The molecule has 3 aliphatic rings. The molecule has 2 heterocycles. The number of carbonyl (C=O) groups is 1. The van der Waals surface area contributed by atoms with Crippen molar-refractivity contribution in [2.45, 2.75) is 78.7 Å². The number of carbonyl (C=O) groups excluding carboxylic acids is 1. The molecule has 0 N–H and O–H groups in total. The molecule has 36 heavy (non-hydrogen) atoms. The highest BCUT2D eigenvalue weighted by Crippen LogP contribution is 2.47. The maximum absolute atomic E-state index is 13.4. The molecule has 3 atom stereocenters. The summed E-state index contributed by atoms with van der Waals surface area (Å²) in [6.45, 7) is 11.2. The minimum atomic E-state index is -0.219. The first-order chi connectivity index (χ1) is 17.2. The summed E-state index contributed by atoms with van der Waals surface area (Å²) in [6.07, 6.45) is 7.56. The number of piperidine rings is 2. The van der Waals surface area contributed by atoms with Crippen molar-refractivity contribution in [3.8, 4) is 0 Å². The molecular weight excluding hydrogens is 518 g/mol. The monoisotopic (exact) mass is 560 g/mol. The van der Waals surface area contributed by atoms with Gasteiger partial charge in [0.1, 0.15) is 6.61 Å². The van der Waals surface area contributed by atoms with Crippen LogP contribution in [0.5, 0.6) is 0 Å². The molecule has 0 radical (unpaired) electrons. The summed E-state index contributed by atoms with van der Waals surface area (Å²) < 4.78 is 1.07. The summed E-state index contributed by atoms with van der Waals surface area (Å²) in [6, 6.07) is 8.18. The Morgan fingerprint density at radius 2 is 1.72 bits per heavy atom. The summed E-state index contributed by atoms with van der Waals surface area (Å²) in [5.74, 6) is 1.40. The molecule has 0 bridgehead atoms. The van der Waals surface area contributed by atoms with Crippen LogP contribution in [-0.4, -0.2) is 53.9 Å². The average molecular weight is 562 g/mol. The van der Waals surface area contributed by atoms with Gasteiger partial charge in [-0.1, -0.05) is 47.1 Å². The van der Waals surface area contributed by atoms with Crippen LogP contribution in [0.25, 0.3) is 0 Å². The molecule has 2 unspecified atom stereocenters. The first-order valence-electron chi connectivity index (χ1n) is 13.9. The van der Waals surface area contributed by atoms with Gasteiger partial charge in [0.15, 0.2) is 0 Å². The highest BCUT2D eigenvalue weighted by Gasteiger charge is 2.43. The van der Waals surface area contributed by atoms with E-state index < -0.39 is 0 Å². The maximum Gasteiger partial charge on any atom is 0.227 e. The van der Waals surface area contributed by atoms with Crippen molar-refractivity contribution in [2.75, 3.05) is 26.2 Å². The van der Waals surface area contributed by atoms with Crippen LogP contribution in [0.2, 0.25) is 0 Å². The van der Waals surface area contributed by atoms with E-state index in [1.165, 1.54) is 12.8 Å². The van der Waals surface area contributed by atoms with Crippen LogP contribution >= 0.6 is 15.9 Å². The molecule has 0 spiro atoms. The number of likely N-dealkylation sites (tertiary alicyclic amines) is 1. The molecule has 1 saturated carbocycles. The topological polar surface area (TPSA) is 68.2 Å². The molecule has 3 fully saturated rings. The first-order valence-corrected chi connectivity index (χ1v) is 14.7. The zero-order valence-corrected chi connectivity index (χ0v) is 24.0. The maximum atomic E-state index is 13.4. The second-order valence-corrected chi connectivity index (χ2v) is 12.5. The van der Waals surface area contributed by atoms with Gasteiger partial charge in [-0.15, -0.1) is 0 Å². The summed E-state index contributed by atoms with van der Waals surface area (Å²) in [5.41, 5.74) is 2.50. The predicted octanol–water partition coefficient (Wildman–Crippen LogP) is 6.47. The lowest BCUT2D eigenvalue weighted by molar-refractivity contribution is -0.144. The van der Waals surface area contributed by atoms with Crippen LogP contribution in [0, 0.1) is 34.3 Å². The summed E-state index contributed by atoms with van der Waals surface area (Å²) in [5, 5.41) is 17.9. The van der Waals surface area contributed by atoms with E-state index in [9.17, 15) is 10.0 Å². The van der Waals surface area contributed by atoms with Crippen LogP contribution in [-0.2, 0) is 9.63 Å². The third kappa shape index (κ3) is 5.99. The van der Waals surface area contributed by atoms with Crippen molar-refractivity contribution in [3.05, 3.63) is 39.5 Å². The van der Waals surface area contributed by atoms with E-state index in [0.29, 0.717) is 25.0 Å². The summed E-state index contributed by atoms with van der Waals surface area (Å²) >= 11 is 3.53. The Hall–Kier alpha value is -1.44. The van der Waals surface area contributed by atoms with Crippen molar-refractivity contribution in [1.29, 1.82) is 0 Å². The second kappa shape index (κ2) is 12.0. The fourth-order valence-corrected chi connectivity index (χ4v) is 7.12. The number of amides is 1. The molecule has 4 rings (SSSR count). The van der Waals surface area contributed by atoms with Gasteiger partial charge in [-0.3, -0.25) is 4.79 Å². The minimum Gasteiger partial charge on any atom is -0.785 e. The lowest BCUT2D eigenvalue weighted by Gasteiger charge is -2.50. The van der Waals surface area contributed by atoms with Gasteiger partial charge in [0, 0.05) is 29.5 Å². The second-order valence-electron chi connectivity index (χ2n) is 11.6. The molecule has 1 aromatic rings. The van der Waals surface area contributed by atoms with Crippen molar-refractivity contribution >= 4 is 27.5 Å². The quantitative estimate of drug-likeness (QED) is 0.295. The van der Waals surface area contributed by atoms with Gasteiger partial charge in [0.05, 0.1) is 11.6 Å². The summed E-state index contributed by atoms with van der Waals surface area (Å²) in [7, 11) is 0. The van der Waals surface area contributed by atoms with Gasteiger partial charge in [-0.2, -0.15) is 0 Å². The molecule has 1 aliphatic carbocycles. The Morgan fingerprint density at radius 1 is 1.08 bits per heavy atom. The van der Waals surface area contributed by atoms with Crippen LogP contribution in [0.3, 0.4) is 0 Å². The fourth-order valence-electron chi connectivity index (χ4n) is 6.86. The van der Waals surface area contributed by atoms with Crippen LogP contribution in [0.4, 0.5) is 0 Å². The van der Waals surface area contributed by atoms with Gasteiger partial charge in [-0.25, -0.2) is 0 Å². The van der Waals surface area contributed by atoms with E-state index in [2.05, 4.69) is 64.1 Å². The zero-order chi connectivity index (χ0) is 25.9. The largest absolute Gasteiger partial charge is 0.785 e. The van der Waals surface area contributed by atoms with Crippen LogP contribution in [0.1, 0.15) is 78.2 Å². The van der Waals surface area contributed by atoms with Crippen molar-refractivity contribution in [3.63, 3.8) is 0 Å². The Bertz CT molecular complexity index is 905. The lowest BCUT2D eigenvalue weighted by atomic mass is 9.63. The average Bonchev–Trinajstić information content (AvgIpc) is 2.88. The molecule has 200 valence electrons. The van der Waals surface area contributed by atoms with Gasteiger partial charge >= 0.3 is 0 Å². The Labute approximate surface area is 225 Å². The number of hydroxylamine groups is 2. The first kappa shape index (κ1) is 27.6. The highest BCUT2D eigenvalue weighted by molar-refractivity contribution is 9.10. The van der Waals surface area contributed by atoms with E-state index in [0.717, 1.165) is 66.0 Å². The van der Waals surface area contributed by atoms with Gasteiger partial charge < -0.3 is 20.0 Å². The predicted molar refractivity (Wildman–Crippen MR) is 148 cm³/mol. The number of halogens is 1. The van der Waals surface area contributed by atoms with Crippen LogP contribution < -0.4 is 0 Å². The number of hydrogen-bond donors (Lipinski definition) is 0. The fraction of sp³-hybridized carbons (Fsp3) is 0.724. The smallest absolute Gasteiger partial charge is 0.227 e.